The highest BCUT2D eigenvalue weighted by Gasteiger charge is 2.34. The van der Waals surface area contributed by atoms with Crippen molar-refractivity contribution >= 4 is 17.4 Å². The molecule has 128 valence electrons. The molecule has 1 heterocycles. The highest BCUT2D eigenvalue weighted by molar-refractivity contribution is 5.95. The van der Waals surface area contributed by atoms with E-state index in [1.165, 1.54) is 12.1 Å². The predicted octanol–water partition coefficient (Wildman–Crippen LogP) is 2.75. The lowest BCUT2D eigenvalue weighted by Crippen LogP contribution is -2.46. The molecule has 4 nitrogen and oxygen atoms in total. The number of hydrogen-bond acceptors (Lipinski definition) is 2. The van der Waals surface area contributed by atoms with Crippen molar-refractivity contribution in [2.45, 2.75) is 38.6 Å². The molecular formula is C19H23FN2O2. The number of likely N-dealkylation sites (tertiary alicyclic amines) is 1. The van der Waals surface area contributed by atoms with E-state index in [2.05, 4.69) is 5.32 Å². The van der Waals surface area contributed by atoms with E-state index >= 15 is 0 Å². The quantitative estimate of drug-likeness (QED) is 0.863. The Morgan fingerprint density at radius 3 is 2.33 bits per heavy atom. The molecule has 0 spiro atoms. The molecule has 1 aromatic carbocycles. The maximum Gasteiger partial charge on any atom is 0.244 e. The largest absolute Gasteiger partial charge is 0.350 e. The fraction of sp³-hybridized carbons (Fsp3) is 0.474. The molecule has 3 rings (SSSR count). The van der Waals surface area contributed by atoms with E-state index in [0.29, 0.717) is 0 Å². The van der Waals surface area contributed by atoms with Gasteiger partial charge in [0.25, 0.3) is 0 Å². The van der Waals surface area contributed by atoms with Crippen LogP contribution in [0.3, 0.4) is 0 Å². The monoisotopic (exact) mass is 330 g/mol. The van der Waals surface area contributed by atoms with Crippen molar-refractivity contribution in [3.05, 3.63) is 41.7 Å². The minimum absolute atomic E-state index is 0.109. The zero-order chi connectivity index (χ0) is 17.1. The number of piperidine rings is 1. The Balaban J connectivity index is 1.49. The first kappa shape index (κ1) is 16.7. The Morgan fingerprint density at radius 1 is 1.12 bits per heavy atom. The van der Waals surface area contributed by atoms with Gasteiger partial charge in [-0.2, -0.15) is 0 Å². The Morgan fingerprint density at radius 2 is 1.75 bits per heavy atom. The van der Waals surface area contributed by atoms with Gasteiger partial charge < -0.3 is 10.2 Å². The second-order valence-corrected chi connectivity index (χ2v) is 6.72. The van der Waals surface area contributed by atoms with E-state index in [0.717, 1.165) is 49.9 Å². The fourth-order valence-electron chi connectivity index (χ4n) is 3.07. The molecule has 1 N–H and O–H groups in total. The predicted molar refractivity (Wildman–Crippen MR) is 90.5 cm³/mol. The van der Waals surface area contributed by atoms with Crippen molar-refractivity contribution in [1.82, 2.24) is 10.2 Å². The third kappa shape index (κ3) is 4.22. The van der Waals surface area contributed by atoms with Crippen molar-refractivity contribution in [3.63, 3.8) is 0 Å². The van der Waals surface area contributed by atoms with E-state index in [1.807, 2.05) is 11.8 Å². The maximum absolute atomic E-state index is 12.9. The number of nitrogens with zero attached hydrogens (tertiary/aromatic N) is 1. The lowest BCUT2D eigenvalue weighted by atomic mass is 10.0. The zero-order valence-corrected chi connectivity index (χ0v) is 13.9. The summed E-state index contributed by atoms with van der Waals surface area (Å²) in [5, 5.41) is 3.01. The normalized spacial score (nSPS) is 19.2. The van der Waals surface area contributed by atoms with Crippen LogP contribution in [0, 0.1) is 11.7 Å². The third-order valence-electron chi connectivity index (χ3n) is 4.73. The molecule has 2 amide bonds. The first-order chi connectivity index (χ1) is 11.5. The van der Waals surface area contributed by atoms with Crippen LogP contribution in [-0.4, -0.2) is 35.8 Å². The van der Waals surface area contributed by atoms with Crippen LogP contribution in [-0.2, 0) is 9.59 Å². The van der Waals surface area contributed by atoms with Gasteiger partial charge in [0, 0.05) is 31.1 Å². The minimum Gasteiger partial charge on any atom is -0.350 e. The highest BCUT2D eigenvalue weighted by Crippen LogP contribution is 2.31. The standard InChI is InChI=1S/C19H23FN2O2/c1-13(14-4-6-16(20)7-5-14)12-18(23)21-17-8-10-22(11-9-17)19(24)15-2-3-15/h4-7,12,15,17H,2-3,8-11H2,1H3,(H,21,23)/b13-12-. The van der Waals surface area contributed by atoms with Crippen LogP contribution >= 0.6 is 0 Å². The van der Waals surface area contributed by atoms with Crippen LogP contribution < -0.4 is 5.32 Å². The van der Waals surface area contributed by atoms with E-state index in [1.54, 1.807) is 18.2 Å². The van der Waals surface area contributed by atoms with E-state index in [-0.39, 0.29) is 29.6 Å². The molecule has 0 bridgehead atoms. The lowest BCUT2D eigenvalue weighted by Gasteiger charge is -2.32. The Hall–Kier alpha value is -2.17. The molecule has 1 saturated carbocycles. The number of nitrogens with one attached hydrogen (secondary N) is 1. The first-order valence-corrected chi connectivity index (χ1v) is 8.56. The molecule has 1 aliphatic carbocycles. The molecule has 24 heavy (non-hydrogen) atoms. The smallest absolute Gasteiger partial charge is 0.244 e. The topological polar surface area (TPSA) is 49.4 Å². The van der Waals surface area contributed by atoms with Crippen molar-refractivity contribution in [1.29, 1.82) is 0 Å². The van der Waals surface area contributed by atoms with Gasteiger partial charge in [0.2, 0.25) is 11.8 Å². The molecule has 0 atom stereocenters. The summed E-state index contributed by atoms with van der Waals surface area (Å²) in [5.41, 5.74) is 1.63. The third-order valence-corrected chi connectivity index (χ3v) is 4.73. The minimum atomic E-state index is -0.288. The van der Waals surface area contributed by atoms with Gasteiger partial charge in [-0.25, -0.2) is 4.39 Å². The number of benzene rings is 1. The number of carbonyl (C=O) groups is 2. The summed E-state index contributed by atoms with van der Waals surface area (Å²) in [6, 6.07) is 6.21. The first-order valence-electron chi connectivity index (χ1n) is 8.56. The van der Waals surface area contributed by atoms with E-state index in [9.17, 15) is 14.0 Å². The van der Waals surface area contributed by atoms with Gasteiger partial charge in [-0.3, -0.25) is 9.59 Å². The lowest BCUT2D eigenvalue weighted by molar-refractivity contribution is -0.133. The number of rotatable bonds is 4. The van der Waals surface area contributed by atoms with Gasteiger partial charge >= 0.3 is 0 Å². The second kappa shape index (κ2) is 7.16. The van der Waals surface area contributed by atoms with Crippen LogP contribution in [0.25, 0.3) is 5.57 Å². The number of allylic oxidation sites excluding steroid dienone is 1. The van der Waals surface area contributed by atoms with Crippen molar-refractivity contribution in [2.24, 2.45) is 5.92 Å². The molecule has 2 fully saturated rings. The summed E-state index contributed by atoms with van der Waals surface area (Å²) in [5.74, 6) is 0.122. The number of hydrogen-bond donors (Lipinski definition) is 1. The maximum atomic E-state index is 12.9. The number of halogens is 1. The molecule has 5 heteroatoms. The molecule has 1 aromatic rings. The van der Waals surface area contributed by atoms with Gasteiger partial charge in [-0.05, 0) is 55.9 Å². The SMILES string of the molecule is C/C(=C/C(=O)NC1CCN(C(=O)C2CC2)CC1)c1ccc(F)cc1. The van der Waals surface area contributed by atoms with Crippen molar-refractivity contribution in [3.8, 4) is 0 Å². The van der Waals surface area contributed by atoms with Crippen molar-refractivity contribution < 1.29 is 14.0 Å². The summed E-state index contributed by atoms with van der Waals surface area (Å²) in [4.78, 5) is 26.1. The molecule has 2 aliphatic rings. The fourth-order valence-corrected chi connectivity index (χ4v) is 3.07. The highest BCUT2D eigenvalue weighted by atomic mass is 19.1. The van der Waals surface area contributed by atoms with E-state index < -0.39 is 0 Å². The van der Waals surface area contributed by atoms with Crippen LogP contribution in [0.15, 0.2) is 30.3 Å². The summed E-state index contributed by atoms with van der Waals surface area (Å²) in [7, 11) is 0. The average molecular weight is 330 g/mol. The summed E-state index contributed by atoms with van der Waals surface area (Å²) < 4.78 is 12.9. The summed E-state index contributed by atoms with van der Waals surface area (Å²) in [6.07, 6.45) is 5.21. The molecule has 0 unspecified atom stereocenters. The van der Waals surface area contributed by atoms with Gasteiger partial charge in [0.15, 0.2) is 0 Å². The number of carbonyl (C=O) groups excluding carboxylic acids is 2. The second-order valence-electron chi connectivity index (χ2n) is 6.72. The van der Waals surface area contributed by atoms with Gasteiger partial charge in [-0.1, -0.05) is 12.1 Å². The van der Waals surface area contributed by atoms with Crippen LogP contribution in [0.2, 0.25) is 0 Å². The van der Waals surface area contributed by atoms with Gasteiger partial charge in [0.05, 0.1) is 0 Å². The van der Waals surface area contributed by atoms with Gasteiger partial charge in [0.1, 0.15) is 5.82 Å². The summed E-state index contributed by atoms with van der Waals surface area (Å²) in [6.45, 7) is 3.28. The average Bonchev–Trinajstić information content (AvgIpc) is 3.40. The van der Waals surface area contributed by atoms with Crippen molar-refractivity contribution in [2.75, 3.05) is 13.1 Å². The van der Waals surface area contributed by atoms with Crippen LogP contribution in [0.4, 0.5) is 4.39 Å². The number of amides is 2. The Bertz CT molecular complexity index is 642. The zero-order valence-electron chi connectivity index (χ0n) is 13.9. The molecule has 0 aromatic heterocycles. The Labute approximate surface area is 141 Å². The van der Waals surface area contributed by atoms with Crippen LogP contribution in [0.1, 0.15) is 38.2 Å². The molecular weight excluding hydrogens is 307 g/mol. The molecule has 1 saturated heterocycles. The Kier molecular flexibility index (Phi) is 4.97. The van der Waals surface area contributed by atoms with Gasteiger partial charge in [-0.15, -0.1) is 0 Å². The molecule has 1 aliphatic heterocycles. The summed E-state index contributed by atoms with van der Waals surface area (Å²) >= 11 is 0. The van der Waals surface area contributed by atoms with Crippen LogP contribution in [0.5, 0.6) is 0 Å². The van der Waals surface area contributed by atoms with E-state index in [4.69, 9.17) is 0 Å². The molecule has 0 radical (unpaired) electrons.